The number of hydrogen-bond acceptors (Lipinski definition) is 3. The van der Waals surface area contributed by atoms with Crippen LogP contribution in [0.15, 0.2) is 36.5 Å². The second-order valence-electron chi connectivity index (χ2n) is 5.79. The number of H-pyrrole nitrogens is 1. The molecule has 22 heavy (non-hydrogen) atoms. The van der Waals surface area contributed by atoms with Gasteiger partial charge in [0, 0.05) is 47.9 Å². The Morgan fingerprint density at radius 1 is 1.32 bits per heavy atom. The number of nitrogens with one attached hydrogen (secondary N) is 1. The van der Waals surface area contributed by atoms with E-state index in [2.05, 4.69) is 46.1 Å². The molecule has 4 rings (SSSR count). The van der Waals surface area contributed by atoms with Crippen molar-refractivity contribution in [2.45, 2.75) is 19.9 Å². The van der Waals surface area contributed by atoms with Crippen molar-refractivity contribution >= 4 is 16.7 Å². The lowest BCUT2D eigenvalue weighted by Gasteiger charge is -2.28. The van der Waals surface area contributed by atoms with Crippen LogP contribution in [0.4, 0.5) is 5.82 Å². The fraction of sp³-hybridized carbons (Fsp3) is 0.222. The first kappa shape index (κ1) is 12.9. The van der Waals surface area contributed by atoms with E-state index < -0.39 is 0 Å². The normalized spacial score (nSPS) is 13.9. The molecule has 0 fully saturated rings. The average Bonchev–Trinajstić information content (AvgIpc) is 2.92. The number of rotatable bonds is 1. The van der Waals surface area contributed by atoms with Crippen LogP contribution < -0.4 is 4.90 Å². The second-order valence-corrected chi connectivity index (χ2v) is 5.79. The van der Waals surface area contributed by atoms with E-state index in [9.17, 15) is 5.26 Å². The van der Waals surface area contributed by atoms with Crippen LogP contribution in [0.25, 0.3) is 10.9 Å². The zero-order valence-corrected chi connectivity index (χ0v) is 12.4. The zero-order valence-electron chi connectivity index (χ0n) is 12.4. The minimum Gasteiger partial charge on any atom is -0.358 e. The molecule has 4 heteroatoms. The molecule has 0 radical (unpaired) electrons. The minimum atomic E-state index is 0.641. The number of pyridine rings is 1. The summed E-state index contributed by atoms with van der Waals surface area (Å²) in [5, 5.41) is 10.6. The van der Waals surface area contributed by atoms with Gasteiger partial charge >= 0.3 is 0 Å². The molecular weight excluding hydrogens is 272 g/mol. The summed E-state index contributed by atoms with van der Waals surface area (Å²) in [5.74, 6) is 0.789. The van der Waals surface area contributed by atoms with Gasteiger partial charge in [-0.05, 0) is 31.2 Å². The Morgan fingerprint density at radius 2 is 2.23 bits per heavy atom. The van der Waals surface area contributed by atoms with Gasteiger partial charge in [0.05, 0.1) is 5.56 Å². The first-order valence-electron chi connectivity index (χ1n) is 7.46. The Kier molecular flexibility index (Phi) is 2.87. The molecule has 4 nitrogen and oxygen atoms in total. The van der Waals surface area contributed by atoms with E-state index >= 15 is 0 Å². The molecule has 3 aromatic rings. The lowest BCUT2D eigenvalue weighted by atomic mass is 10.0. The van der Waals surface area contributed by atoms with Crippen LogP contribution in [-0.4, -0.2) is 16.5 Å². The van der Waals surface area contributed by atoms with Crippen LogP contribution in [0.5, 0.6) is 0 Å². The van der Waals surface area contributed by atoms with Crippen molar-refractivity contribution in [1.29, 1.82) is 5.26 Å². The van der Waals surface area contributed by atoms with E-state index in [1.54, 1.807) is 6.20 Å². The van der Waals surface area contributed by atoms with Gasteiger partial charge in [0.25, 0.3) is 0 Å². The summed E-state index contributed by atoms with van der Waals surface area (Å²) < 4.78 is 0. The molecule has 0 unspecified atom stereocenters. The van der Waals surface area contributed by atoms with Crippen molar-refractivity contribution in [3.63, 3.8) is 0 Å². The highest BCUT2D eigenvalue weighted by atomic mass is 15.2. The first-order chi connectivity index (χ1) is 10.8. The van der Waals surface area contributed by atoms with Crippen LogP contribution in [0, 0.1) is 18.3 Å². The standard InChI is InChI=1S/C18H16N4/c1-12-4-5-16-14(9-12)15-11-22(8-6-17(15)21-16)18-13(10-19)3-2-7-20-18/h2-5,7,9,21H,6,8,11H2,1H3. The Morgan fingerprint density at radius 3 is 3.09 bits per heavy atom. The summed E-state index contributed by atoms with van der Waals surface area (Å²) in [5.41, 5.74) is 5.74. The smallest absolute Gasteiger partial charge is 0.146 e. The molecule has 0 amide bonds. The van der Waals surface area contributed by atoms with Crippen LogP contribution in [-0.2, 0) is 13.0 Å². The fourth-order valence-corrected chi connectivity index (χ4v) is 3.25. The maximum Gasteiger partial charge on any atom is 0.146 e. The van der Waals surface area contributed by atoms with E-state index in [-0.39, 0.29) is 0 Å². The maximum atomic E-state index is 9.29. The zero-order chi connectivity index (χ0) is 15.1. The molecule has 1 aromatic carbocycles. The Bertz CT molecular complexity index is 901. The first-order valence-corrected chi connectivity index (χ1v) is 7.46. The third kappa shape index (κ3) is 1.94. The van der Waals surface area contributed by atoms with E-state index in [0.29, 0.717) is 5.56 Å². The van der Waals surface area contributed by atoms with Crippen molar-refractivity contribution in [1.82, 2.24) is 9.97 Å². The third-order valence-electron chi connectivity index (χ3n) is 4.34. The quantitative estimate of drug-likeness (QED) is 0.747. The highest BCUT2D eigenvalue weighted by Crippen LogP contribution is 2.31. The minimum absolute atomic E-state index is 0.641. The van der Waals surface area contributed by atoms with Gasteiger partial charge in [0.15, 0.2) is 0 Å². The number of hydrogen-bond donors (Lipinski definition) is 1. The highest BCUT2D eigenvalue weighted by Gasteiger charge is 2.23. The molecule has 0 atom stereocenters. The topological polar surface area (TPSA) is 55.7 Å². The summed E-state index contributed by atoms with van der Waals surface area (Å²) in [6, 6.07) is 12.4. The van der Waals surface area contributed by atoms with Crippen LogP contribution in [0.3, 0.4) is 0 Å². The van der Waals surface area contributed by atoms with Crippen molar-refractivity contribution in [2.24, 2.45) is 0 Å². The number of aromatic amines is 1. The Balaban J connectivity index is 1.79. The van der Waals surface area contributed by atoms with Crippen molar-refractivity contribution in [3.05, 3.63) is 58.9 Å². The van der Waals surface area contributed by atoms with Gasteiger partial charge in [-0.2, -0.15) is 5.26 Å². The van der Waals surface area contributed by atoms with Crippen molar-refractivity contribution in [3.8, 4) is 6.07 Å². The summed E-state index contributed by atoms with van der Waals surface area (Å²) in [6.45, 7) is 3.79. The SMILES string of the molecule is Cc1ccc2[nH]c3c(c2c1)CN(c1ncccc1C#N)CC3. The van der Waals surface area contributed by atoms with E-state index in [0.717, 1.165) is 25.3 Å². The Labute approximate surface area is 129 Å². The van der Waals surface area contributed by atoms with Gasteiger partial charge in [-0.25, -0.2) is 4.98 Å². The van der Waals surface area contributed by atoms with Gasteiger partial charge in [0.1, 0.15) is 11.9 Å². The molecule has 1 N–H and O–H groups in total. The van der Waals surface area contributed by atoms with E-state index in [1.165, 1.54) is 27.7 Å². The molecule has 108 valence electrons. The number of anilines is 1. The summed E-state index contributed by atoms with van der Waals surface area (Å²) >= 11 is 0. The van der Waals surface area contributed by atoms with Gasteiger partial charge in [-0.1, -0.05) is 11.6 Å². The predicted octanol–water partition coefficient (Wildman–Crippen LogP) is 3.31. The van der Waals surface area contributed by atoms with Gasteiger partial charge in [0.2, 0.25) is 0 Å². The van der Waals surface area contributed by atoms with Gasteiger partial charge < -0.3 is 9.88 Å². The van der Waals surface area contributed by atoms with Crippen molar-refractivity contribution < 1.29 is 0 Å². The molecule has 1 aliphatic rings. The number of nitriles is 1. The monoisotopic (exact) mass is 288 g/mol. The lowest BCUT2D eigenvalue weighted by Crippen LogP contribution is -2.31. The van der Waals surface area contributed by atoms with Crippen LogP contribution >= 0.6 is 0 Å². The third-order valence-corrected chi connectivity index (χ3v) is 4.34. The molecule has 2 aromatic heterocycles. The molecule has 1 aliphatic heterocycles. The largest absolute Gasteiger partial charge is 0.358 e. The number of fused-ring (bicyclic) bond motifs is 3. The molecule has 0 saturated carbocycles. The molecule has 0 saturated heterocycles. The fourth-order valence-electron chi connectivity index (χ4n) is 3.25. The van der Waals surface area contributed by atoms with Gasteiger partial charge in [-0.3, -0.25) is 0 Å². The average molecular weight is 288 g/mol. The van der Waals surface area contributed by atoms with Crippen LogP contribution in [0.2, 0.25) is 0 Å². The summed E-state index contributed by atoms with van der Waals surface area (Å²) in [7, 11) is 0. The number of aryl methyl sites for hydroxylation is 1. The molecule has 0 spiro atoms. The maximum absolute atomic E-state index is 9.29. The molecule has 0 bridgehead atoms. The van der Waals surface area contributed by atoms with Crippen molar-refractivity contribution in [2.75, 3.05) is 11.4 Å². The molecule has 3 heterocycles. The Hall–Kier alpha value is -2.80. The highest BCUT2D eigenvalue weighted by molar-refractivity contribution is 5.86. The summed E-state index contributed by atoms with van der Waals surface area (Å²) in [4.78, 5) is 10.2. The number of nitrogens with zero attached hydrogens (tertiary/aromatic N) is 3. The van der Waals surface area contributed by atoms with E-state index in [1.807, 2.05) is 12.1 Å². The van der Waals surface area contributed by atoms with Crippen LogP contribution in [0.1, 0.15) is 22.4 Å². The number of benzene rings is 1. The lowest BCUT2D eigenvalue weighted by molar-refractivity contribution is 0.715. The predicted molar refractivity (Wildman–Crippen MR) is 86.7 cm³/mol. The molecular formula is C18H16N4. The number of aromatic nitrogens is 2. The second kappa shape index (κ2) is 4.88. The van der Waals surface area contributed by atoms with E-state index in [4.69, 9.17) is 0 Å². The summed E-state index contributed by atoms with van der Waals surface area (Å²) in [6.07, 6.45) is 2.70. The van der Waals surface area contributed by atoms with Gasteiger partial charge in [-0.15, -0.1) is 0 Å². The molecule has 0 aliphatic carbocycles.